The van der Waals surface area contributed by atoms with Gasteiger partial charge in [-0.3, -0.25) is 9.78 Å². The summed E-state index contributed by atoms with van der Waals surface area (Å²) in [4.78, 5) is 17.9. The third kappa shape index (κ3) is 5.04. The van der Waals surface area contributed by atoms with Crippen LogP contribution < -0.4 is 5.32 Å². The van der Waals surface area contributed by atoms with Crippen molar-refractivity contribution >= 4 is 21.6 Å². The average Bonchev–Trinajstić information content (AvgIpc) is 2.80. The molecular formula is C25H33N3O3S. The minimum Gasteiger partial charge on any atom is -0.322 e. The van der Waals surface area contributed by atoms with E-state index in [0.717, 1.165) is 50.6 Å². The van der Waals surface area contributed by atoms with Gasteiger partial charge in [0.1, 0.15) is 0 Å². The predicted molar refractivity (Wildman–Crippen MR) is 126 cm³/mol. The number of sulfonamides is 1. The van der Waals surface area contributed by atoms with Gasteiger partial charge >= 0.3 is 0 Å². The summed E-state index contributed by atoms with van der Waals surface area (Å²) in [5, 5.41) is 2.91. The Labute approximate surface area is 191 Å². The molecule has 2 aromatic rings. The third-order valence-electron chi connectivity index (χ3n) is 6.85. The molecule has 1 saturated heterocycles. The summed E-state index contributed by atoms with van der Waals surface area (Å²) in [7, 11) is -3.55. The van der Waals surface area contributed by atoms with Crippen LogP contribution in [0.1, 0.15) is 80.8 Å². The smallest absolute Gasteiger partial charge is 0.257 e. The van der Waals surface area contributed by atoms with E-state index in [1.54, 1.807) is 40.8 Å². The van der Waals surface area contributed by atoms with Crippen LogP contribution in [-0.4, -0.2) is 36.7 Å². The van der Waals surface area contributed by atoms with Gasteiger partial charge < -0.3 is 5.32 Å². The van der Waals surface area contributed by atoms with Crippen LogP contribution in [0.4, 0.5) is 5.69 Å². The van der Waals surface area contributed by atoms with Gasteiger partial charge in [0.15, 0.2) is 0 Å². The van der Waals surface area contributed by atoms with Crippen molar-refractivity contribution in [2.45, 2.75) is 69.6 Å². The van der Waals surface area contributed by atoms with Gasteiger partial charge in [0, 0.05) is 30.9 Å². The van der Waals surface area contributed by atoms with Crippen molar-refractivity contribution in [3.05, 3.63) is 53.9 Å². The topological polar surface area (TPSA) is 79.4 Å². The SMILES string of the molecule is CC1(C)CCC(c2ncccc2C(=O)Nc2cccc(S(=O)(=O)N3CCCCC3)c2)CC1. The van der Waals surface area contributed by atoms with Crippen molar-refractivity contribution in [1.82, 2.24) is 9.29 Å². The molecule has 1 aromatic heterocycles. The van der Waals surface area contributed by atoms with Gasteiger partial charge in [-0.1, -0.05) is 26.3 Å². The second kappa shape index (κ2) is 9.32. The average molecular weight is 456 g/mol. The molecule has 6 nitrogen and oxygen atoms in total. The maximum atomic E-state index is 13.2. The lowest BCUT2D eigenvalue weighted by atomic mass is 9.71. The Morgan fingerprint density at radius 1 is 1.06 bits per heavy atom. The molecule has 1 amide bonds. The van der Waals surface area contributed by atoms with E-state index >= 15 is 0 Å². The predicted octanol–water partition coefficient (Wildman–Crippen LogP) is 5.19. The Hall–Kier alpha value is -2.25. The quantitative estimate of drug-likeness (QED) is 0.673. The van der Waals surface area contributed by atoms with Crippen molar-refractivity contribution in [2.75, 3.05) is 18.4 Å². The number of carbonyl (C=O) groups is 1. The van der Waals surface area contributed by atoms with E-state index in [2.05, 4.69) is 24.1 Å². The zero-order chi connectivity index (χ0) is 22.8. The highest BCUT2D eigenvalue weighted by atomic mass is 32.2. The van der Waals surface area contributed by atoms with Crippen LogP contribution in [0.3, 0.4) is 0 Å². The Kier molecular flexibility index (Phi) is 6.67. The lowest BCUT2D eigenvalue weighted by Crippen LogP contribution is -2.35. The molecule has 32 heavy (non-hydrogen) atoms. The normalized spacial score (nSPS) is 20.1. The number of pyridine rings is 1. The molecule has 4 rings (SSSR count). The first kappa shape index (κ1) is 22.9. The molecule has 0 bridgehead atoms. The first-order valence-corrected chi connectivity index (χ1v) is 13.1. The van der Waals surface area contributed by atoms with Crippen LogP contribution in [0.5, 0.6) is 0 Å². The highest BCUT2D eigenvalue weighted by Crippen LogP contribution is 2.42. The van der Waals surface area contributed by atoms with E-state index in [-0.39, 0.29) is 16.7 Å². The molecule has 1 aliphatic heterocycles. The van der Waals surface area contributed by atoms with Crippen LogP contribution >= 0.6 is 0 Å². The van der Waals surface area contributed by atoms with Crippen LogP contribution in [0, 0.1) is 5.41 Å². The molecule has 0 unspecified atom stereocenters. The zero-order valence-electron chi connectivity index (χ0n) is 19.0. The fraction of sp³-hybridized carbons (Fsp3) is 0.520. The van der Waals surface area contributed by atoms with Gasteiger partial charge in [-0.25, -0.2) is 8.42 Å². The highest BCUT2D eigenvalue weighted by molar-refractivity contribution is 7.89. The Bertz CT molecular complexity index is 1070. The van der Waals surface area contributed by atoms with E-state index < -0.39 is 10.0 Å². The number of nitrogens with one attached hydrogen (secondary N) is 1. The summed E-state index contributed by atoms with van der Waals surface area (Å²) < 4.78 is 27.6. The zero-order valence-corrected chi connectivity index (χ0v) is 19.8. The standard InChI is InChI=1S/C25H33N3O3S/c1-25(2)13-11-19(12-14-25)23-22(10-7-15-26-23)24(29)27-20-8-6-9-21(18-20)32(30,31)28-16-4-3-5-17-28/h6-10,15,18-19H,3-5,11-14,16-17H2,1-2H3,(H,27,29). The second-order valence-corrected chi connectivity index (χ2v) is 11.8. The lowest BCUT2D eigenvalue weighted by molar-refractivity contribution is 0.102. The van der Waals surface area contributed by atoms with Crippen molar-refractivity contribution in [1.29, 1.82) is 0 Å². The number of nitrogens with zero attached hydrogens (tertiary/aromatic N) is 2. The van der Waals surface area contributed by atoms with Gasteiger partial charge in [-0.05, 0) is 74.3 Å². The molecule has 2 fully saturated rings. The summed E-state index contributed by atoms with van der Waals surface area (Å²) in [5.74, 6) is 0.0289. The van der Waals surface area contributed by atoms with Crippen LogP contribution in [0.25, 0.3) is 0 Å². The van der Waals surface area contributed by atoms with E-state index in [1.807, 2.05) is 6.07 Å². The molecule has 1 N–H and O–H groups in total. The molecule has 0 atom stereocenters. The second-order valence-electron chi connectivity index (χ2n) is 9.82. The number of aromatic nitrogens is 1. The third-order valence-corrected chi connectivity index (χ3v) is 8.75. The monoisotopic (exact) mass is 455 g/mol. The van der Waals surface area contributed by atoms with Crippen molar-refractivity contribution in [3.8, 4) is 0 Å². The minimum atomic E-state index is -3.55. The number of hydrogen-bond donors (Lipinski definition) is 1. The first-order valence-electron chi connectivity index (χ1n) is 11.6. The van der Waals surface area contributed by atoms with Crippen LogP contribution in [0.15, 0.2) is 47.5 Å². The molecule has 0 spiro atoms. The van der Waals surface area contributed by atoms with Crippen LogP contribution in [-0.2, 0) is 10.0 Å². The number of carbonyl (C=O) groups excluding carboxylic acids is 1. The number of piperidine rings is 1. The van der Waals surface area contributed by atoms with E-state index in [1.165, 1.54) is 0 Å². The Morgan fingerprint density at radius 2 is 1.78 bits per heavy atom. The van der Waals surface area contributed by atoms with Gasteiger partial charge in [0.25, 0.3) is 5.91 Å². The lowest BCUT2D eigenvalue weighted by Gasteiger charge is -2.34. The van der Waals surface area contributed by atoms with Crippen molar-refractivity contribution in [3.63, 3.8) is 0 Å². The molecular weight excluding hydrogens is 422 g/mol. The van der Waals surface area contributed by atoms with Gasteiger partial charge in [-0.2, -0.15) is 4.31 Å². The summed E-state index contributed by atoms with van der Waals surface area (Å²) in [6, 6.07) is 10.2. The highest BCUT2D eigenvalue weighted by Gasteiger charge is 2.31. The number of hydrogen-bond acceptors (Lipinski definition) is 4. The van der Waals surface area contributed by atoms with Crippen molar-refractivity contribution in [2.24, 2.45) is 5.41 Å². The number of anilines is 1. The van der Waals surface area contributed by atoms with Gasteiger partial charge in [-0.15, -0.1) is 0 Å². The Morgan fingerprint density at radius 3 is 2.50 bits per heavy atom. The molecule has 1 saturated carbocycles. The summed E-state index contributed by atoms with van der Waals surface area (Å²) in [6.07, 6.45) is 8.86. The van der Waals surface area contributed by atoms with Crippen LogP contribution in [0.2, 0.25) is 0 Å². The van der Waals surface area contributed by atoms with Gasteiger partial charge in [0.2, 0.25) is 10.0 Å². The Balaban J connectivity index is 1.52. The van der Waals surface area contributed by atoms with E-state index in [4.69, 9.17) is 0 Å². The minimum absolute atomic E-state index is 0.220. The van der Waals surface area contributed by atoms with E-state index in [0.29, 0.717) is 29.8 Å². The maximum Gasteiger partial charge on any atom is 0.257 e. The largest absolute Gasteiger partial charge is 0.322 e. The summed E-state index contributed by atoms with van der Waals surface area (Å²) in [5.41, 5.74) is 2.24. The van der Waals surface area contributed by atoms with Crippen molar-refractivity contribution < 1.29 is 13.2 Å². The molecule has 2 aliphatic rings. The molecule has 0 radical (unpaired) electrons. The first-order chi connectivity index (χ1) is 15.3. The summed E-state index contributed by atoms with van der Waals surface area (Å²) >= 11 is 0. The summed E-state index contributed by atoms with van der Waals surface area (Å²) in [6.45, 7) is 5.69. The fourth-order valence-electron chi connectivity index (χ4n) is 4.79. The number of rotatable bonds is 5. The fourth-order valence-corrected chi connectivity index (χ4v) is 6.36. The molecule has 172 valence electrons. The number of amides is 1. The molecule has 2 heterocycles. The molecule has 1 aliphatic carbocycles. The number of benzene rings is 1. The van der Waals surface area contributed by atoms with Gasteiger partial charge in [0.05, 0.1) is 16.2 Å². The molecule has 7 heteroatoms. The molecule has 1 aromatic carbocycles. The van der Waals surface area contributed by atoms with E-state index in [9.17, 15) is 13.2 Å². The maximum absolute atomic E-state index is 13.2.